The van der Waals surface area contributed by atoms with Crippen molar-refractivity contribution in [1.82, 2.24) is 20.4 Å². The van der Waals surface area contributed by atoms with Crippen molar-refractivity contribution in [3.05, 3.63) is 118 Å². The van der Waals surface area contributed by atoms with Gasteiger partial charge in [-0.05, 0) is 124 Å². The molecule has 4 aromatic rings. The van der Waals surface area contributed by atoms with Gasteiger partial charge in [0.1, 0.15) is 42.0 Å². The van der Waals surface area contributed by atoms with Gasteiger partial charge in [-0.15, -0.1) is 0 Å². The highest BCUT2D eigenvalue weighted by Crippen LogP contribution is 2.42. The highest BCUT2D eigenvalue weighted by Gasteiger charge is 2.46. The second-order valence-electron chi connectivity index (χ2n) is 19.4. The molecule has 0 bridgehead atoms. The molecule has 18 heteroatoms. The van der Waals surface area contributed by atoms with E-state index >= 15 is 0 Å². The van der Waals surface area contributed by atoms with E-state index in [2.05, 4.69) is 17.2 Å². The Labute approximate surface area is 449 Å². The van der Waals surface area contributed by atoms with Crippen LogP contribution in [0.15, 0.2) is 85.1 Å². The number of amides is 5. The van der Waals surface area contributed by atoms with Crippen LogP contribution in [0.4, 0.5) is 0 Å². The lowest BCUT2D eigenvalue weighted by Crippen LogP contribution is -2.51. The number of likely N-dealkylation sites (tertiary alicyclic amines) is 1. The zero-order valence-electron chi connectivity index (χ0n) is 44.9. The minimum Gasteiger partial charge on any atom is -0.496 e. The number of allylic oxidation sites excluding steroid dienone is 1. The van der Waals surface area contributed by atoms with Gasteiger partial charge in [0, 0.05) is 30.8 Å². The fraction of sp³-hybridized carbons (Fsp3) is 0.441. The number of nitrogens with one attached hydrogen (secondary N) is 2. The highest BCUT2D eigenvalue weighted by atomic mass is 16.6. The van der Waals surface area contributed by atoms with Gasteiger partial charge in [0.05, 0.1) is 45.5 Å². The first kappa shape index (κ1) is 56.8. The van der Waals surface area contributed by atoms with E-state index in [0.29, 0.717) is 104 Å². The molecular weight excluding hydrogens is 989 g/mol. The van der Waals surface area contributed by atoms with Gasteiger partial charge >= 0.3 is 5.97 Å². The van der Waals surface area contributed by atoms with Crippen LogP contribution in [0.3, 0.4) is 0 Å². The van der Waals surface area contributed by atoms with Crippen LogP contribution in [0.1, 0.15) is 133 Å². The predicted octanol–water partition coefficient (Wildman–Crippen LogP) is 7.91. The summed E-state index contributed by atoms with van der Waals surface area (Å²) < 4.78 is 40.7. The fourth-order valence-corrected chi connectivity index (χ4v) is 10.1. The zero-order chi connectivity index (χ0) is 55.2. The van der Waals surface area contributed by atoms with Gasteiger partial charge in [0.2, 0.25) is 17.6 Å². The Morgan fingerprint density at radius 3 is 2.22 bits per heavy atom. The first-order valence-corrected chi connectivity index (χ1v) is 26.3. The third-order valence-electron chi connectivity index (χ3n) is 14.3. The quantitative estimate of drug-likeness (QED) is 0.0347. The second kappa shape index (κ2) is 26.7. The molecule has 2 N–H and O–H groups in total. The summed E-state index contributed by atoms with van der Waals surface area (Å²) >= 11 is 0. The number of carbonyl (C=O) groups excluding carboxylic acids is 7. The number of rotatable bonds is 26. The second-order valence-corrected chi connectivity index (χ2v) is 19.4. The Bertz CT molecular complexity index is 2820. The smallest absolute Gasteiger partial charge is 0.329 e. The lowest BCUT2D eigenvalue weighted by molar-refractivity contribution is -0.162. The lowest BCUT2D eigenvalue weighted by Gasteiger charge is -2.37. The number of piperidine rings is 2. The average Bonchev–Trinajstić information content (AvgIpc) is 3.76. The Morgan fingerprint density at radius 2 is 1.51 bits per heavy atom. The van der Waals surface area contributed by atoms with Crippen LogP contribution in [0.5, 0.6) is 34.5 Å². The van der Waals surface area contributed by atoms with E-state index in [0.717, 1.165) is 34.6 Å². The van der Waals surface area contributed by atoms with Crippen molar-refractivity contribution >= 4 is 41.3 Å². The number of methoxy groups -OCH3 is 4. The fourth-order valence-electron chi connectivity index (χ4n) is 10.1. The first-order valence-electron chi connectivity index (χ1n) is 26.3. The molecule has 410 valence electrons. The Morgan fingerprint density at radius 1 is 0.779 bits per heavy atom. The van der Waals surface area contributed by atoms with Crippen LogP contribution in [0, 0.1) is 6.92 Å². The predicted molar refractivity (Wildman–Crippen MR) is 285 cm³/mol. The van der Waals surface area contributed by atoms with Crippen LogP contribution >= 0.6 is 0 Å². The summed E-state index contributed by atoms with van der Waals surface area (Å²) in [7, 11) is 6.18. The largest absolute Gasteiger partial charge is 0.496 e. The average molecular weight is 1060 g/mol. The van der Waals surface area contributed by atoms with E-state index in [4.69, 9.17) is 33.2 Å². The van der Waals surface area contributed by atoms with Crippen molar-refractivity contribution in [3.63, 3.8) is 0 Å². The number of ether oxygens (including phenoxy) is 7. The number of nitrogens with zero attached hydrogens (tertiary/aromatic N) is 2. The molecule has 3 heterocycles. The number of carbonyl (C=O) groups is 7. The number of benzene rings is 4. The number of Topliss-reactive ketones (excluding diaryl/α,β-unsaturated/α-hetero) is 1. The minimum absolute atomic E-state index is 0.0287. The number of para-hydroxylation sites is 1. The molecule has 0 radical (unpaired) electrons. The summed E-state index contributed by atoms with van der Waals surface area (Å²) in [5, 5.41) is 5.49. The molecule has 4 atom stereocenters. The van der Waals surface area contributed by atoms with E-state index in [-0.39, 0.29) is 60.5 Å². The topological polar surface area (TPSA) is 215 Å². The SMILES string of the molecule is C=C1CCC(N2C(=O)c3cccc(OCC(=O)CCCCCNC(=O)COc4ccccc4[C@@H](CCc4ccc(C)c(OC)c4)OC(=O)[C@@H]4CCCCN4C(=O)[C@@H](CC)c4cc(OC)c(OC)c(OC)c4)c3C2=O)C(=O)N1. The molecule has 4 aromatic carbocycles. The molecule has 5 amide bonds. The highest BCUT2D eigenvalue weighted by molar-refractivity contribution is 6.24. The molecule has 77 heavy (non-hydrogen) atoms. The minimum atomic E-state index is -0.969. The van der Waals surface area contributed by atoms with Crippen molar-refractivity contribution in [1.29, 1.82) is 0 Å². The van der Waals surface area contributed by atoms with Crippen LogP contribution in [0.2, 0.25) is 0 Å². The van der Waals surface area contributed by atoms with E-state index < -0.39 is 47.8 Å². The maximum atomic E-state index is 14.6. The standard InChI is InChI=1S/C59H70N4O14/c1-8-41(39-32-50(72-5)54(74-7)51(33-39)73-6)56(67)62-30-15-13-20-45(62)59(70)77-47(28-26-38-25-23-36(2)49(31-38)71-4)42-18-11-12-21-46(42)76-35-52(65)60-29-14-9-10-17-40(64)34-75-48-22-16-19-43-53(48)58(69)63(57(43)68)44-27-24-37(3)61-55(44)66/h11-12,16,18-19,21-23,25,31-33,41,44-45,47H,3,8-10,13-15,17,20,24,26-30,34-35H2,1-2,4-7H3,(H,60,65)(H,61,66)/t41-,44?,45-,47+/m0/s1. The summed E-state index contributed by atoms with van der Waals surface area (Å²) in [6, 6.07) is 19.4. The number of hydrogen-bond acceptors (Lipinski definition) is 14. The summed E-state index contributed by atoms with van der Waals surface area (Å²) in [6.45, 7) is 7.73. The third kappa shape index (κ3) is 13.6. The molecule has 0 aliphatic carbocycles. The number of unbranched alkanes of at least 4 members (excludes halogenated alkanes) is 2. The summed E-state index contributed by atoms with van der Waals surface area (Å²) in [5.74, 6) is -1.19. The summed E-state index contributed by atoms with van der Waals surface area (Å²) in [5.41, 5.74) is 3.85. The number of aryl methyl sites for hydroxylation is 2. The van der Waals surface area contributed by atoms with Crippen LogP contribution in [-0.4, -0.2) is 118 Å². The molecule has 0 saturated carbocycles. The number of imide groups is 1. The van der Waals surface area contributed by atoms with Crippen LogP contribution < -0.4 is 39.1 Å². The molecule has 1 unspecified atom stereocenters. The van der Waals surface area contributed by atoms with Crippen molar-refractivity contribution < 1.29 is 66.7 Å². The number of hydrogen-bond donors (Lipinski definition) is 2. The van der Waals surface area contributed by atoms with E-state index in [1.165, 1.54) is 33.5 Å². The molecule has 0 spiro atoms. The lowest BCUT2D eigenvalue weighted by atomic mass is 9.91. The van der Waals surface area contributed by atoms with Gasteiger partial charge in [0.15, 0.2) is 23.9 Å². The van der Waals surface area contributed by atoms with Crippen molar-refractivity contribution in [2.24, 2.45) is 0 Å². The van der Waals surface area contributed by atoms with Gasteiger partial charge in [0.25, 0.3) is 17.7 Å². The van der Waals surface area contributed by atoms with Crippen LogP contribution in [-0.2, 0) is 35.1 Å². The van der Waals surface area contributed by atoms with E-state index in [1.54, 1.807) is 42.3 Å². The number of fused-ring (bicyclic) bond motifs is 1. The normalized spacial score (nSPS) is 16.9. The van der Waals surface area contributed by atoms with Crippen molar-refractivity contribution in [2.75, 3.05) is 54.7 Å². The van der Waals surface area contributed by atoms with E-state index in [9.17, 15) is 33.6 Å². The van der Waals surface area contributed by atoms with Gasteiger partial charge in [-0.1, -0.05) is 56.3 Å². The molecule has 3 aliphatic rings. The molecular formula is C59H70N4O14. The molecule has 3 aliphatic heterocycles. The molecule has 0 aromatic heterocycles. The van der Waals surface area contributed by atoms with Gasteiger partial charge in [-0.3, -0.25) is 33.7 Å². The zero-order valence-corrected chi connectivity index (χ0v) is 44.9. The number of esters is 1. The number of ketones is 1. The monoisotopic (exact) mass is 1060 g/mol. The van der Waals surface area contributed by atoms with E-state index in [1.807, 2.05) is 44.2 Å². The third-order valence-corrected chi connectivity index (χ3v) is 14.3. The maximum absolute atomic E-state index is 14.6. The van der Waals surface area contributed by atoms with Crippen LogP contribution in [0.25, 0.3) is 0 Å². The first-order chi connectivity index (χ1) is 37.2. The van der Waals surface area contributed by atoms with Gasteiger partial charge < -0.3 is 48.7 Å². The Balaban J connectivity index is 0.935. The van der Waals surface area contributed by atoms with Gasteiger partial charge in [-0.25, -0.2) is 4.79 Å². The molecule has 7 rings (SSSR count). The Hall–Kier alpha value is -7.89. The maximum Gasteiger partial charge on any atom is 0.329 e. The van der Waals surface area contributed by atoms with Gasteiger partial charge in [-0.2, -0.15) is 0 Å². The van der Waals surface area contributed by atoms with Crippen molar-refractivity contribution in [3.8, 4) is 34.5 Å². The summed E-state index contributed by atoms with van der Waals surface area (Å²) in [6.07, 6.45) is 5.00. The Kier molecular flexibility index (Phi) is 19.7. The van der Waals surface area contributed by atoms with Crippen molar-refractivity contribution in [2.45, 2.75) is 115 Å². The molecule has 18 nitrogen and oxygen atoms in total. The molecule has 2 fully saturated rings. The summed E-state index contributed by atoms with van der Waals surface area (Å²) in [4.78, 5) is 97.0. The molecule has 2 saturated heterocycles.